The third kappa shape index (κ3) is 3.55. The van der Waals surface area contributed by atoms with Crippen molar-refractivity contribution in [2.45, 2.75) is 6.04 Å². The van der Waals surface area contributed by atoms with Gasteiger partial charge in [0.05, 0.1) is 13.2 Å². The summed E-state index contributed by atoms with van der Waals surface area (Å²) >= 11 is 0. The predicted molar refractivity (Wildman–Crippen MR) is 78.7 cm³/mol. The van der Waals surface area contributed by atoms with Crippen molar-refractivity contribution in [2.24, 2.45) is 0 Å². The van der Waals surface area contributed by atoms with E-state index >= 15 is 0 Å². The van der Waals surface area contributed by atoms with Crippen LogP contribution >= 0.6 is 0 Å². The van der Waals surface area contributed by atoms with Crippen LogP contribution in [0.3, 0.4) is 0 Å². The lowest BCUT2D eigenvalue weighted by molar-refractivity contribution is 0.0206. The second-order valence-electron chi connectivity index (χ2n) is 5.50. The zero-order chi connectivity index (χ0) is 13.6. The average Bonchev–Trinajstić information content (AvgIpc) is 2.55. The van der Waals surface area contributed by atoms with Gasteiger partial charge in [0.25, 0.3) is 0 Å². The largest absolute Gasteiger partial charge is 0.379 e. The Balaban J connectivity index is 1.72. The molecule has 2 aliphatic heterocycles. The molecule has 0 radical (unpaired) electrons. The van der Waals surface area contributed by atoms with Crippen LogP contribution in [0.15, 0.2) is 24.5 Å². The number of ether oxygens (including phenoxy) is 1. The molecule has 2 fully saturated rings. The van der Waals surface area contributed by atoms with E-state index < -0.39 is 0 Å². The number of nitrogens with one attached hydrogen (secondary N) is 1. The van der Waals surface area contributed by atoms with Gasteiger partial charge in [0.1, 0.15) is 0 Å². The van der Waals surface area contributed by atoms with Gasteiger partial charge in [-0.15, -0.1) is 0 Å². The first-order valence-corrected chi connectivity index (χ1v) is 7.58. The molecule has 0 aromatic carbocycles. The quantitative estimate of drug-likeness (QED) is 0.860. The lowest BCUT2D eigenvalue weighted by atomic mass is 10.0. The first-order chi connectivity index (χ1) is 9.93. The average molecular weight is 276 g/mol. The SMILES string of the molecule is c1cc(C(CN2CCOCC2)N2CCNCC2)ccn1. The van der Waals surface area contributed by atoms with Crippen molar-refractivity contribution in [3.63, 3.8) is 0 Å². The molecular weight excluding hydrogens is 252 g/mol. The minimum atomic E-state index is 0.471. The Labute approximate surface area is 120 Å². The van der Waals surface area contributed by atoms with E-state index in [2.05, 4.69) is 32.2 Å². The Morgan fingerprint density at radius 2 is 1.80 bits per heavy atom. The zero-order valence-corrected chi connectivity index (χ0v) is 12.0. The van der Waals surface area contributed by atoms with E-state index in [1.54, 1.807) is 0 Å². The normalized spacial score (nSPS) is 23.6. The van der Waals surface area contributed by atoms with Crippen LogP contribution in [-0.2, 0) is 4.74 Å². The van der Waals surface area contributed by atoms with Crippen molar-refractivity contribution in [1.29, 1.82) is 0 Å². The molecule has 2 aliphatic rings. The van der Waals surface area contributed by atoms with E-state index in [9.17, 15) is 0 Å². The lowest BCUT2D eigenvalue weighted by Gasteiger charge is -2.39. The van der Waals surface area contributed by atoms with Crippen LogP contribution in [0.1, 0.15) is 11.6 Å². The maximum atomic E-state index is 5.46. The summed E-state index contributed by atoms with van der Waals surface area (Å²) in [6.45, 7) is 9.34. The van der Waals surface area contributed by atoms with Crippen LogP contribution in [0.5, 0.6) is 0 Å². The van der Waals surface area contributed by atoms with E-state index in [4.69, 9.17) is 4.74 Å². The highest BCUT2D eigenvalue weighted by atomic mass is 16.5. The number of hydrogen-bond acceptors (Lipinski definition) is 5. The predicted octanol–water partition coefficient (Wildman–Crippen LogP) is 0.360. The van der Waals surface area contributed by atoms with E-state index in [1.165, 1.54) is 5.56 Å². The van der Waals surface area contributed by atoms with Crippen molar-refractivity contribution in [2.75, 3.05) is 59.0 Å². The summed E-state index contributed by atoms with van der Waals surface area (Å²) in [6, 6.07) is 4.79. The number of pyridine rings is 1. The van der Waals surface area contributed by atoms with Crippen LogP contribution in [0.4, 0.5) is 0 Å². The van der Waals surface area contributed by atoms with Crippen LogP contribution in [0, 0.1) is 0 Å². The van der Waals surface area contributed by atoms with Crippen molar-refractivity contribution >= 4 is 0 Å². The van der Waals surface area contributed by atoms with Crippen molar-refractivity contribution < 1.29 is 4.74 Å². The number of aromatic nitrogens is 1. The van der Waals surface area contributed by atoms with Gasteiger partial charge in [-0.05, 0) is 17.7 Å². The first-order valence-electron chi connectivity index (χ1n) is 7.58. The summed E-state index contributed by atoms with van der Waals surface area (Å²) < 4.78 is 5.46. The van der Waals surface area contributed by atoms with E-state index in [0.29, 0.717) is 6.04 Å². The monoisotopic (exact) mass is 276 g/mol. The molecule has 3 rings (SSSR count). The van der Waals surface area contributed by atoms with Gasteiger partial charge < -0.3 is 10.1 Å². The topological polar surface area (TPSA) is 40.6 Å². The standard InChI is InChI=1S/C15H24N4O/c1-3-16-4-2-14(1)15(19-7-5-17-6-8-19)13-18-9-11-20-12-10-18/h1-4,15,17H,5-13H2. The molecule has 3 heterocycles. The summed E-state index contributed by atoms with van der Waals surface area (Å²) in [5, 5.41) is 3.44. The maximum Gasteiger partial charge on any atom is 0.0594 e. The Bertz CT molecular complexity index is 388. The van der Waals surface area contributed by atoms with Gasteiger partial charge in [0.15, 0.2) is 0 Å². The molecule has 20 heavy (non-hydrogen) atoms. The van der Waals surface area contributed by atoms with Gasteiger partial charge in [-0.3, -0.25) is 14.8 Å². The molecule has 0 bridgehead atoms. The van der Waals surface area contributed by atoms with Gasteiger partial charge >= 0.3 is 0 Å². The highest BCUT2D eigenvalue weighted by Gasteiger charge is 2.25. The minimum Gasteiger partial charge on any atom is -0.379 e. The highest BCUT2D eigenvalue weighted by molar-refractivity contribution is 5.16. The molecule has 5 nitrogen and oxygen atoms in total. The van der Waals surface area contributed by atoms with E-state index in [-0.39, 0.29) is 0 Å². The Kier molecular flexibility index (Phi) is 4.97. The number of nitrogens with zero attached hydrogens (tertiary/aromatic N) is 3. The Hall–Kier alpha value is -1.01. The molecule has 0 saturated carbocycles. The van der Waals surface area contributed by atoms with Crippen LogP contribution < -0.4 is 5.32 Å². The fraction of sp³-hybridized carbons (Fsp3) is 0.667. The molecule has 1 aromatic rings. The van der Waals surface area contributed by atoms with Gasteiger partial charge in [0.2, 0.25) is 0 Å². The van der Waals surface area contributed by atoms with Gasteiger partial charge in [-0.25, -0.2) is 0 Å². The lowest BCUT2D eigenvalue weighted by Crippen LogP contribution is -2.49. The van der Waals surface area contributed by atoms with Gasteiger partial charge in [-0.1, -0.05) is 0 Å². The molecule has 1 aromatic heterocycles. The van der Waals surface area contributed by atoms with Crippen molar-refractivity contribution in [3.8, 4) is 0 Å². The second-order valence-corrected chi connectivity index (χ2v) is 5.50. The Morgan fingerprint density at radius 3 is 2.50 bits per heavy atom. The molecule has 110 valence electrons. The summed E-state index contributed by atoms with van der Waals surface area (Å²) in [5.74, 6) is 0. The summed E-state index contributed by atoms with van der Waals surface area (Å²) in [7, 11) is 0. The molecule has 0 amide bonds. The number of rotatable bonds is 4. The third-order valence-electron chi connectivity index (χ3n) is 4.22. The molecule has 1 atom stereocenters. The third-order valence-corrected chi connectivity index (χ3v) is 4.22. The number of piperazine rings is 1. The first kappa shape index (κ1) is 13.9. The molecule has 0 spiro atoms. The zero-order valence-electron chi connectivity index (χ0n) is 12.0. The highest BCUT2D eigenvalue weighted by Crippen LogP contribution is 2.22. The van der Waals surface area contributed by atoms with Gasteiger partial charge in [0, 0.05) is 64.2 Å². The fourth-order valence-corrected chi connectivity index (χ4v) is 3.04. The van der Waals surface area contributed by atoms with Crippen molar-refractivity contribution in [1.82, 2.24) is 20.1 Å². The van der Waals surface area contributed by atoms with Crippen molar-refractivity contribution in [3.05, 3.63) is 30.1 Å². The van der Waals surface area contributed by atoms with E-state index in [0.717, 1.165) is 59.0 Å². The summed E-state index contributed by atoms with van der Waals surface area (Å²) in [6.07, 6.45) is 3.81. The molecule has 0 aliphatic carbocycles. The van der Waals surface area contributed by atoms with E-state index in [1.807, 2.05) is 12.4 Å². The fourth-order valence-electron chi connectivity index (χ4n) is 3.04. The van der Waals surface area contributed by atoms with Crippen LogP contribution in [0.2, 0.25) is 0 Å². The second kappa shape index (κ2) is 7.13. The summed E-state index contributed by atoms with van der Waals surface area (Å²) in [4.78, 5) is 9.28. The number of hydrogen-bond donors (Lipinski definition) is 1. The molecule has 1 N–H and O–H groups in total. The summed E-state index contributed by atoms with van der Waals surface area (Å²) in [5.41, 5.74) is 1.38. The maximum absolute atomic E-state index is 5.46. The molecule has 1 unspecified atom stereocenters. The van der Waals surface area contributed by atoms with Crippen LogP contribution in [-0.4, -0.2) is 73.8 Å². The minimum absolute atomic E-state index is 0.471. The molecule has 5 heteroatoms. The van der Waals surface area contributed by atoms with Gasteiger partial charge in [-0.2, -0.15) is 0 Å². The number of morpholine rings is 1. The smallest absolute Gasteiger partial charge is 0.0594 e. The molecule has 2 saturated heterocycles. The Morgan fingerprint density at radius 1 is 1.10 bits per heavy atom. The van der Waals surface area contributed by atoms with Crippen LogP contribution in [0.25, 0.3) is 0 Å². The molecular formula is C15H24N4O.